The molecule has 0 saturated carbocycles. The van der Waals surface area contributed by atoms with Crippen molar-refractivity contribution in [2.45, 2.75) is 13.5 Å². The van der Waals surface area contributed by atoms with Crippen LogP contribution in [0.1, 0.15) is 6.92 Å². The Bertz CT molecular complexity index is 292. The topological polar surface area (TPSA) is 46.9 Å². The molecule has 4 nitrogen and oxygen atoms in total. The molecule has 11 heavy (non-hydrogen) atoms. The van der Waals surface area contributed by atoms with Crippen LogP contribution < -0.4 is 5.32 Å². The fourth-order valence-corrected chi connectivity index (χ4v) is 1.20. The molecular weight excluding hydrogens is 142 g/mol. The fraction of sp³-hybridized carbons (Fsp3) is 0.429. The third-order valence-corrected chi connectivity index (χ3v) is 1.88. The van der Waals surface area contributed by atoms with E-state index in [1.165, 1.54) is 0 Å². The van der Waals surface area contributed by atoms with E-state index in [0.29, 0.717) is 0 Å². The first kappa shape index (κ1) is 6.39. The maximum atomic E-state index is 11.1. The molecule has 0 aliphatic carbocycles. The molecule has 2 heterocycles. The van der Waals surface area contributed by atoms with Gasteiger partial charge in [-0.15, -0.1) is 0 Å². The lowest BCUT2D eigenvalue weighted by Crippen LogP contribution is -2.30. The van der Waals surface area contributed by atoms with Crippen LogP contribution >= 0.6 is 0 Å². The predicted molar refractivity (Wildman–Crippen MR) is 40.0 cm³/mol. The summed E-state index contributed by atoms with van der Waals surface area (Å²) in [6, 6.07) is 0. The molecule has 4 heteroatoms. The van der Waals surface area contributed by atoms with E-state index in [4.69, 9.17) is 0 Å². The van der Waals surface area contributed by atoms with Gasteiger partial charge in [-0.3, -0.25) is 4.79 Å². The zero-order valence-corrected chi connectivity index (χ0v) is 6.24. The zero-order chi connectivity index (χ0) is 7.84. The van der Waals surface area contributed by atoms with Crippen molar-refractivity contribution in [2.24, 2.45) is 5.92 Å². The Balaban J connectivity index is 2.37. The number of imidazole rings is 1. The van der Waals surface area contributed by atoms with E-state index in [2.05, 4.69) is 10.3 Å². The van der Waals surface area contributed by atoms with Crippen molar-refractivity contribution in [3.8, 4) is 0 Å². The lowest BCUT2D eigenvalue weighted by Gasteiger charge is -2.20. The average Bonchev–Trinajstić information content (AvgIpc) is 2.36. The minimum atomic E-state index is 0.0525. The first-order valence-electron chi connectivity index (χ1n) is 3.58. The predicted octanol–water partition coefficient (Wildman–Crippen LogP) is 0.471. The van der Waals surface area contributed by atoms with Crippen LogP contribution in [0.5, 0.6) is 0 Å². The number of amides is 1. The molecule has 1 aromatic heterocycles. The lowest BCUT2D eigenvalue weighted by atomic mass is 10.1. The van der Waals surface area contributed by atoms with Gasteiger partial charge in [0, 0.05) is 6.54 Å². The van der Waals surface area contributed by atoms with E-state index in [9.17, 15) is 4.79 Å². The molecule has 0 saturated heterocycles. The van der Waals surface area contributed by atoms with Crippen molar-refractivity contribution in [3.05, 3.63) is 12.5 Å². The molecule has 0 aromatic carbocycles. The summed E-state index contributed by atoms with van der Waals surface area (Å²) in [5, 5.41) is 2.75. The van der Waals surface area contributed by atoms with Crippen LogP contribution in [0.3, 0.4) is 0 Å². The molecule has 1 aromatic rings. The molecule has 1 N–H and O–H groups in total. The van der Waals surface area contributed by atoms with Crippen LogP contribution in [-0.2, 0) is 11.3 Å². The molecule has 1 unspecified atom stereocenters. The summed E-state index contributed by atoms with van der Waals surface area (Å²) in [5.74, 6) is 0.933. The summed E-state index contributed by atoms with van der Waals surface area (Å²) < 4.78 is 1.94. The van der Waals surface area contributed by atoms with Gasteiger partial charge in [-0.25, -0.2) is 4.98 Å². The van der Waals surface area contributed by atoms with Crippen molar-refractivity contribution >= 4 is 11.7 Å². The Kier molecular flexibility index (Phi) is 1.21. The number of aromatic nitrogens is 2. The Hall–Kier alpha value is -1.32. The average molecular weight is 151 g/mol. The highest BCUT2D eigenvalue weighted by Crippen LogP contribution is 2.16. The van der Waals surface area contributed by atoms with E-state index in [0.717, 1.165) is 12.4 Å². The number of hydrogen-bond acceptors (Lipinski definition) is 2. The van der Waals surface area contributed by atoms with Crippen molar-refractivity contribution in [1.29, 1.82) is 0 Å². The van der Waals surface area contributed by atoms with Gasteiger partial charge >= 0.3 is 0 Å². The van der Waals surface area contributed by atoms with E-state index < -0.39 is 0 Å². The second kappa shape index (κ2) is 2.08. The van der Waals surface area contributed by atoms with Crippen LogP contribution in [-0.4, -0.2) is 15.5 Å². The molecular formula is C7H9N3O. The summed E-state index contributed by atoms with van der Waals surface area (Å²) in [7, 11) is 0. The molecule has 0 bridgehead atoms. The third kappa shape index (κ3) is 0.906. The molecule has 1 aliphatic heterocycles. The number of hydrogen-bond donors (Lipinski definition) is 1. The van der Waals surface area contributed by atoms with E-state index in [1.54, 1.807) is 12.5 Å². The summed E-state index contributed by atoms with van der Waals surface area (Å²) in [4.78, 5) is 15.0. The number of rotatable bonds is 0. The maximum Gasteiger partial charge on any atom is 0.230 e. The highest BCUT2D eigenvalue weighted by Gasteiger charge is 2.21. The second-order valence-corrected chi connectivity index (χ2v) is 2.82. The zero-order valence-electron chi connectivity index (χ0n) is 6.24. The minimum absolute atomic E-state index is 0.0525. The highest BCUT2D eigenvalue weighted by atomic mass is 16.2. The molecule has 58 valence electrons. The lowest BCUT2D eigenvalue weighted by molar-refractivity contribution is -0.120. The normalized spacial score (nSPS) is 22.6. The van der Waals surface area contributed by atoms with Gasteiger partial charge in [0.2, 0.25) is 5.91 Å². The standard InChI is InChI=1S/C7H9N3O/c1-5-3-10-4-8-2-6(10)9-7(5)11/h2,4-5H,3H2,1H3,(H,9,11). The molecule has 1 atom stereocenters. The van der Waals surface area contributed by atoms with Crippen molar-refractivity contribution in [2.75, 3.05) is 5.32 Å². The number of nitrogens with one attached hydrogen (secondary N) is 1. The SMILES string of the molecule is CC1Cn2cncc2NC1=O. The van der Waals surface area contributed by atoms with E-state index in [1.807, 2.05) is 11.5 Å². The molecule has 2 rings (SSSR count). The summed E-state index contributed by atoms with van der Waals surface area (Å²) in [5.41, 5.74) is 0. The Morgan fingerprint density at radius 3 is 3.45 bits per heavy atom. The van der Waals surface area contributed by atoms with Crippen molar-refractivity contribution in [3.63, 3.8) is 0 Å². The van der Waals surface area contributed by atoms with Gasteiger partial charge in [-0.2, -0.15) is 0 Å². The quantitative estimate of drug-likeness (QED) is 0.586. The molecule has 0 spiro atoms. The molecule has 1 aliphatic rings. The Morgan fingerprint density at radius 2 is 2.64 bits per heavy atom. The molecule has 0 radical (unpaired) electrons. The largest absolute Gasteiger partial charge is 0.317 e. The summed E-state index contributed by atoms with van der Waals surface area (Å²) in [6.07, 6.45) is 3.38. The highest BCUT2D eigenvalue weighted by molar-refractivity contribution is 5.92. The first-order valence-corrected chi connectivity index (χ1v) is 3.58. The second-order valence-electron chi connectivity index (χ2n) is 2.82. The minimum Gasteiger partial charge on any atom is -0.317 e. The van der Waals surface area contributed by atoms with Gasteiger partial charge in [-0.05, 0) is 0 Å². The van der Waals surface area contributed by atoms with E-state index >= 15 is 0 Å². The Labute approximate surface area is 64.2 Å². The van der Waals surface area contributed by atoms with Gasteiger partial charge in [0.15, 0.2) is 0 Å². The van der Waals surface area contributed by atoms with Crippen molar-refractivity contribution < 1.29 is 4.79 Å². The van der Waals surface area contributed by atoms with Crippen LogP contribution in [0.2, 0.25) is 0 Å². The number of fused-ring (bicyclic) bond motifs is 1. The third-order valence-electron chi connectivity index (χ3n) is 1.88. The van der Waals surface area contributed by atoms with Gasteiger partial charge in [-0.1, -0.05) is 6.92 Å². The Morgan fingerprint density at radius 1 is 1.82 bits per heavy atom. The van der Waals surface area contributed by atoms with Gasteiger partial charge in [0.1, 0.15) is 5.82 Å². The number of carbonyl (C=O) groups excluding carboxylic acids is 1. The fourth-order valence-electron chi connectivity index (χ4n) is 1.20. The van der Waals surface area contributed by atoms with Crippen LogP contribution in [0, 0.1) is 5.92 Å². The molecule has 0 fully saturated rings. The van der Waals surface area contributed by atoms with Crippen LogP contribution in [0.25, 0.3) is 0 Å². The summed E-state index contributed by atoms with van der Waals surface area (Å²) >= 11 is 0. The monoisotopic (exact) mass is 151 g/mol. The van der Waals surface area contributed by atoms with Gasteiger partial charge in [0.25, 0.3) is 0 Å². The molecule has 1 amide bonds. The van der Waals surface area contributed by atoms with Gasteiger partial charge in [0.05, 0.1) is 18.4 Å². The van der Waals surface area contributed by atoms with Crippen molar-refractivity contribution in [1.82, 2.24) is 9.55 Å². The van der Waals surface area contributed by atoms with Crippen LogP contribution in [0.15, 0.2) is 12.5 Å². The maximum absolute atomic E-state index is 11.1. The van der Waals surface area contributed by atoms with E-state index in [-0.39, 0.29) is 11.8 Å². The number of anilines is 1. The van der Waals surface area contributed by atoms with Crippen LogP contribution in [0.4, 0.5) is 5.82 Å². The summed E-state index contributed by atoms with van der Waals surface area (Å²) in [6.45, 7) is 2.64. The smallest absolute Gasteiger partial charge is 0.230 e. The number of nitrogens with zero attached hydrogens (tertiary/aromatic N) is 2. The number of carbonyl (C=O) groups is 1. The first-order chi connectivity index (χ1) is 5.27. The van der Waals surface area contributed by atoms with Gasteiger partial charge < -0.3 is 9.88 Å².